The van der Waals surface area contributed by atoms with Gasteiger partial charge < -0.3 is 0 Å². The molecule has 24 heavy (non-hydrogen) atoms. The number of aryl methyl sites for hydroxylation is 2. The van der Waals surface area contributed by atoms with Crippen molar-refractivity contribution in [3.05, 3.63) is 57.6 Å². The van der Waals surface area contributed by atoms with Gasteiger partial charge in [-0.1, -0.05) is 35.3 Å². The molecule has 2 N–H and O–H groups in total. The van der Waals surface area contributed by atoms with Gasteiger partial charge in [0.05, 0.1) is 22.8 Å². The Morgan fingerprint density at radius 2 is 1.12 bits per heavy atom. The van der Waals surface area contributed by atoms with E-state index in [1.54, 1.807) is 0 Å². The van der Waals surface area contributed by atoms with E-state index in [2.05, 4.69) is 21.1 Å². The minimum absolute atomic E-state index is 0.705. The van der Waals surface area contributed by atoms with Crippen LogP contribution in [0.15, 0.2) is 46.6 Å². The van der Waals surface area contributed by atoms with Gasteiger partial charge >= 0.3 is 0 Å². The fourth-order valence-corrected chi connectivity index (χ4v) is 2.14. The monoisotopic (exact) mass is 362 g/mol. The van der Waals surface area contributed by atoms with Crippen molar-refractivity contribution in [1.82, 2.24) is 0 Å². The number of hydrogen-bond acceptors (Lipinski definition) is 4. The predicted octanol–water partition coefficient (Wildman–Crippen LogP) is 5.89. The van der Waals surface area contributed by atoms with Gasteiger partial charge in [0.1, 0.15) is 0 Å². The maximum Gasteiger partial charge on any atom is 0.0805 e. The summed E-state index contributed by atoms with van der Waals surface area (Å²) in [7, 11) is 0. The quantitative estimate of drug-likeness (QED) is 0.514. The molecule has 0 radical (unpaired) electrons. The fraction of sp³-hybridized carbons (Fsp3) is 0.222. The Kier molecular flexibility index (Phi) is 6.23. The van der Waals surface area contributed by atoms with E-state index in [0.29, 0.717) is 10.0 Å². The zero-order valence-corrected chi connectivity index (χ0v) is 15.6. The maximum atomic E-state index is 6.10. The average Bonchev–Trinajstić information content (AvgIpc) is 2.56. The van der Waals surface area contributed by atoms with E-state index in [9.17, 15) is 0 Å². The van der Waals surface area contributed by atoms with Crippen LogP contribution in [0.2, 0.25) is 10.0 Å². The number of nitrogens with one attached hydrogen (secondary N) is 2. The van der Waals surface area contributed by atoms with Crippen molar-refractivity contribution in [2.24, 2.45) is 10.2 Å². The molecule has 0 fully saturated rings. The van der Waals surface area contributed by atoms with Crippen LogP contribution < -0.4 is 10.9 Å². The molecule has 2 rings (SSSR count). The van der Waals surface area contributed by atoms with Gasteiger partial charge in [0.25, 0.3) is 0 Å². The Hall–Kier alpha value is -2.04. The van der Waals surface area contributed by atoms with Gasteiger partial charge in [-0.25, -0.2) is 0 Å². The summed E-state index contributed by atoms with van der Waals surface area (Å²) in [4.78, 5) is 0. The standard InChI is InChI=1S/C18H20Cl2N4/c1-11-5-7-15(9-17(11)19)23-21-13(3)14(4)22-24-16-8-6-12(2)18(20)10-16/h5-10,23-24H,1-4H3. The molecule has 0 spiro atoms. The molecule has 0 aliphatic rings. The Morgan fingerprint density at radius 3 is 1.46 bits per heavy atom. The van der Waals surface area contributed by atoms with Crippen LogP contribution in [0.25, 0.3) is 0 Å². The van der Waals surface area contributed by atoms with Gasteiger partial charge in [0.2, 0.25) is 0 Å². The summed E-state index contributed by atoms with van der Waals surface area (Å²) in [6.07, 6.45) is 0. The van der Waals surface area contributed by atoms with Crippen LogP contribution in [0.5, 0.6) is 0 Å². The molecular weight excluding hydrogens is 343 g/mol. The van der Waals surface area contributed by atoms with E-state index in [1.165, 1.54) is 0 Å². The lowest BCUT2D eigenvalue weighted by molar-refractivity contribution is 1.30. The largest absolute Gasteiger partial charge is 0.278 e. The van der Waals surface area contributed by atoms with E-state index in [4.69, 9.17) is 23.2 Å². The van der Waals surface area contributed by atoms with Crippen molar-refractivity contribution in [1.29, 1.82) is 0 Å². The van der Waals surface area contributed by atoms with Crippen LogP contribution in [0.4, 0.5) is 11.4 Å². The van der Waals surface area contributed by atoms with Gasteiger partial charge in [-0.2, -0.15) is 10.2 Å². The smallest absolute Gasteiger partial charge is 0.0805 e. The van der Waals surface area contributed by atoms with E-state index in [1.807, 2.05) is 64.1 Å². The minimum Gasteiger partial charge on any atom is -0.278 e. The van der Waals surface area contributed by atoms with Crippen molar-refractivity contribution >= 4 is 46.0 Å². The van der Waals surface area contributed by atoms with Gasteiger partial charge in [-0.15, -0.1) is 0 Å². The number of nitrogens with zero attached hydrogens (tertiary/aromatic N) is 2. The molecule has 2 aromatic rings. The highest BCUT2D eigenvalue weighted by molar-refractivity contribution is 6.40. The van der Waals surface area contributed by atoms with Crippen LogP contribution >= 0.6 is 23.2 Å². The normalized spacial score (nSPS) is 12.2. The molecule has 0 saturated carbocycles. The van der Waals surface area contributed by atoms with Crippen LogP contribution in [-0.2, 0) is 0 Å². The molecule has 2 aromatic carbocycles. The Labute approximate surface area is 152 Å². The number of hydrazone groups is 2. The first-order valence-electron chi connectivity index (χ1n) is 7.50. The zero-order chi connectivity index (χ0) is 17.7. The highest BCUT2D eigenvalue weighted by Crippen LogP contribution is 2.20. The third-order valence-electron chi connectivity index (χ3n) is 3.57. The van der Waals surface area contributed by atoms with E-state index in [0.717, 1.165) is 33.9 Å². The molecule has 0 saturated heterocycles. The van der Waals surface area contributed by atoms with E-state index >= 15 is 0 Å². The first-order valence-corrected chi connectivity index (χ1v) is 8.25. The number of rotatable bonds is 5. The van der Waals surface area contributed by atoms with Gasteiger partial charge in [0.15, 0.2) is 0 Å². The molecule has 6 heteroatoms. The first-order chi connectivity index (χ1) is 11.4. The summed E-state index contributed by atoms with van der Waals surface area (Å²) in [6, 6.07) is 11.4. The summed E-state index contributed by atoms with van der Waals surface area (Å²) in [5.41, 5.74) is 11.2. The number of benzene rings is 2. The molecule has 4 nitrogen and oxygen atoms in total. The van der Waals surface area contributed by atoms with Gasteiger partial charge in [0, 0.05) is 10.0 Å². The topological polar surface area (TPSA) is 48.8 Å². The molecule has 0 aromatic heterocycles. The second-order valence-electron chi connectivity index (χ2n) is 5.55. The summed E-state index contributed by atoms with van der Waals surface area (Å²) in [5, 5.41) is 10.0. The summed E-state index contributed by atoms with van der Waals surface area (Å²) < 4.78 is 0. The maximum absolute atomic E-state index is 6.10. The van der Waals surface area contributed by atoms with Crippen LogP contribution in [0.3, 0.4) is 0 Å². The molecule has 0 aliphatic heterocycles. The fourth-order valence-electron chi connectivity index (χ4n) is 1.78. The molecule has 0 aliphatic carbocycles. The van der Waals surface area contributed by atoms with Gasteiger partial charge in [-0.05, 0) is 63.1 Å². The van der Waals surface area contributed by atoms with Crippen molar-refractivity contribution < 1.29 is 0 Å². The number of hydrogen-bond donors (Lipinski definition) is 2. The third-order valence-corrected chi connectivity index (χ3v) is 4.39. The van der Waals surface area contributed by atoms with Crippen LogP contribution in [0.1, 0.15) is 25.0 Å². The molecule has 0 amide bonds. The molecule has 0 heterocycles. The summed E-state index contributed by atoms with van der Waals surface area (Å²) >= 11 is 12.2. The lowest BCUT2D eigenvalue weighted by Gasteiger charge is -2.07. The van der Waals surface area contributed by atoms with Crippen molar-refractivity contribution in [2.45, 2.75) is 27.7 Å². The summed E-state index contributed by atoms with van der Waals surface area (Å²) in [6.45, 7) is 7.68. The molecule has 126 valence electrons. The average molecular weight is 363 g/mol. The zero-order valence-electron chi connectivity index (χ0n) is 14.1. The van der Waals surface area contributed by atoms with Crippen LogP contribution in [-0.4, -0.2) is 11.4 Å². The lowest BCUT2D eigenvalue weighted by atomic mass is 10.2. The van der Waals surface area contributed by atoms with Crippen molar-refractivity contribution in [3.8, 4) is 0 Å². The Morgan fingerprint density at radius 1 is 0.750 bits per heavy atom. The number of halogens is 2. The lowest BCUT2D eigenvalue weighted by Crippen LogP contribution is -2.10. The van der Waals surface area contributed by atoms with Crippen LogP contribution in [0, 0.1) is 13.8 Å². The van der Waals surface area contributed by atoms with E-state index in [-0.39, 0.29) is 0 Å². The van der Waals surface area contributed by atoms with Gasteiger partial charge in [-0.3, -0.25) is 10.9 Å². The second-order valence-corrected chi connectivity index (χ2v) is 6.36. The predicted molar refractivity (Wildman–Crippen MR) is 106 cm³/mol. The molecule has 0 atom stereocenters. The van der Waals surface area contributed by atoms with Crippen molar-refractivity contribution in [3.63, 3.8) is 0 Å². The minimum atomic E-state index is 0.705. The first kappa shape index (κ1) is 18.3. The highest BCUT2D eigenvalue weighted by Gasteiger charge is 2.01. The SMILES string of the molecule is CC(=NNc1ccc(C)c(Cl)c1)C(C)=NNc1ccc(C)c(Cl)c1. The summed E-state index contributed by atoms with van der Waals surface area (Å²) in [5.74, 6) is 0. The van der Waals surface area contributed by atoms with E-state index < -0.39 is 0 Å². The third kappa shape index (κ3) is 4.98. The molecular formula is C18H20Cl2N4. The second kappa shape index (κ2) is 8.18. The molecule has 0 unspecified atom stereocenters. The van der Waals surface area contributed by atoms with Crippen molar-refractivity contribution in [2.75, 3.05) is 10.9 Å². The molecule has 0 bridgehead atoms. The Balaban J connectivity index is 2.02. The Bertz CT molecular complexity index is 730. The number of anilines is 2. The highest BCUT2D eigenvalue weighted by atomic mass is 35.5.